The summed E-state index contributed by atoms with van der Waals surface area (Å²) in [5.41, 5.74) is 0. The fraction of sp³-hybridized carbons (Fsp3) is 0. The van der Waals surface area contributed by atoms with Crippen molar-refractivity contribution in [2.24, 2.45) is 0 Å². The summed E-state index contributed by atoms with van der Waals surface area (Å²) in [7, 11) is 0. The van der Waals surface area contributed by atoms with Crippen molar-refractivity contribution in [3.05, 3.63) is 34.3 Å². The Labute approximate surface area is 110 Å². The summed E-state index contributed by atoms with van der Waals surface area (Å²) in [4.78, 5) is 16.5. The average molecular weight is 302 g/mol. The topological polar surface area (TPSA) is 80.3 Å². The van der Waals surface area contributed by atoms with E-state index >= 15 is 0 Å². The molecule has 0 aliphatic carbocycles. The Morgan fingerprint density at radius 2 is 1.13 bits per heavy atom. The Morgan fingerprint density at radius 3 is 1.27 bits per heavy atom. The molecule has 0 aliphatic rings. The Kier molecular flexibility index (Phi) is 20.9. The summed E-state index contributed by atoms with van der Waals surface area (Å²) in [6.07, 6.45) is 0. The van der Waals surface area contributed by atoms with E-state index in [0.717, 1.165) is 0 Å². The van der Waals surface area contributed by atoms with Gasteiger partial charge in [-0.1, -0.05) is 35.3 Å². The van der Waals surface area contributed by atoms with Crippen molar-refractivity contribution >= 4 is 36.1 Å². The molecule has 1 rings (SSSR count). The van der Waals surface area contributed by atoms with Gasteiger partial charge in [-0.15, -0.1) is 0 Å². The van der Waals surface area contributed by atoms with Gasteiger partial charge in [-0.05, 0) is 12.1 Å². The van der Waals surface area contributed by atoms with Crippen molar-refractivity contribution in [3.63, 3.8) is 0 Å². The largest absolute Gasteiger partial charge is 2.00 e. The van der Waals surface area contributed by atoms with Gasteiger partial charge >= 0.3 is 19.5 Å². The van der Waals surface area contributed by atoms with Crippen molar-refractivity contribution in [3.8, 4) is 0 Å². The minimum absolute atomic E-state index is 0. The number of carbonyl (C=O) groups is 2. The molecule has 4 nitrogen and oxygen atoms in total. The summed E-state index contributed by atoms with van der Waals surface area (Å²) >= 11 is 11.2. The van der Waals surface area contributed by atoms with Gasteiger partial charge in [0, 0.05) is 12.9 Å². The van der Waals surface area contributed by atoms with Crippen molar-refractivity contribution in [2.45, 2.75) is 0 Å². The minimum Gasteiger partial charge on any atom is -0.554 e. The number of hydrogen-bond donors (Lipinski definition) is 0. The van der Waals surface area contributed by atoms with Crippen LogP contribution in [0.15, 0.2) is 24.3 Å². The van der Waals surface area contributed by atoms with Crippen LogP contribution in [0.4, 0.5) is 0 Å². The van der Waals surface area contributed by atoms with E-state index in [2.05, 4.69) is 0 Å². The normalized spacial score (nSPS) is 6.53. The van der Waals surface area contributed by atoms with Crippen LogP contribution in [-0.4, -0.2) is 12.9 Å². The van der Waals surface area contributed by atoms with E-state index in [1.165, 1.54) is 0 Å². The third kappa shape index (κ3) is 16.1. The van der Waals surface area contributed by atoms with Crippen molar-refractivity contribution < 1.29 is 39.3 Å². The summed E-state index contributed by atoms with van der Waals surface area (Å²) in [5.74, 6) is 0. The molecule has 78 valence electrons. The first-order valence-corrected chi connectivity index (χ1v) is 3.90. The first-order valence-electron chi connectivity index (χ1n) is 3.15. The smallest absolute Gasteiger partial charge is 0.554 e. The van der Waals surface area contributed by atoms with Crippen LogP contribution in [0.1, 0.15) is 0 Å². The fourth-order valence-electron chi connectivity index (χ4n) is 0.439. The fourth-order valence-corrected chi connectivity index (χ4v) is 0.711. The van der Waals surface area contributed by atoms with Crippen LogP contribution in [0.2, 0.25) is 10.0 Å². The summed E-state index contributed by atoms with van der Waals surface area (Å²) < 4.78 is 0. The predicted molar refractivity (Wildman–Crippen MR) is 48.6 cm³/mol. The molecule has 0 aromatic heterocycles. The molecule has 0 saturated heterocycles. The van der Waals surface area contributed by atoms with Crippen molar-refractivity contribution in [1.29, 1.82) is 0 Å². The van der Waals surface area contributed by atoms with Gasteiger partial charge in [0.05, 0.1) is 10.0 Å². The molecule has 0 saturated carbocycles. The standard InChI is InChI=1S/C6H4Cl2.2CH2O2.Zn/c7-5-3-1-2-4-6(5)8;2*2-1-3;/h1-4H;2*1H,(H,2,3);/q;;;+2/p-2. The number of hydrogen-bond acceptors (Lipinski definition) is 4. The number of benzene rings is 1. The molecule has 1 aromatic carbocycles. The van der Waals surface area contributed by atoms with Gasteiger partial charge in [0.15, 0.2) is 0 Å². The molecule has 0 N–H and O–H groups in total. The predicted octanol–water partition coefficient (Wildman–Crippen LogP) is -0.277. The summed E-state index contributed by atoms with van der Waals surface area (Å²) in [6, 6.07) is 7.19. The molecule has 15 heavy (non-hydrogen) atoms. The third-order valence-corrected chi connectivity index (χ3v) is 1.58. The van der Waals surface area contributed by atoms with Crippen LogP contribution in [0.3, 0.4) is 0 Å². The molecule has 0 bridgehead atoms. The van der Waals surface area contributed by atoms with E-state index < -0.39 is 12.9 Å². The van der Waals surface area contributed by atoms with Gasteiger partial charge in [-0.25, -0.2) is 0 Å². The monoisotopic (exact) mass is 300 g/mol. The Morgan fingerprint density at radius 1 is 0.933 bits per heavy atom. The maximum Gasteiger partial charge on any atom is 2.00 e. The SMILES string of the molecule is Clc1ccccc1Cl.O=C[O-].O=C[O-].[Zn+2]. The zero-order valence-corrected chi connectivity index (χ0v) is 12.0. The quantitative estimate of drug-likeness (QED) is 0.488. The molecule has 0 fully saturated rings. The second-order valence-corrected chi connectivity index (χ2v) is 2.42. The average Bonchev–Trinajstić information content (AvgIpc) is 2.13. The maximum absolute atomic E-state index is 8.25. The first-order chi connectivity index (χ1) is 6.63. The molecule has 0 atom stereocenters. The maximum atomic E-state index is 8.25. The molecule has 0 unspecified atom stereocenters. The molecule has 0 aliphatic heterocycles. The second-order valence-electron chi connectivity index (χ2n) is 1.61. The molecule has 0 amide bonds. The van der Waals surface area contributed by atoms with Crippen LogP contribution >= 0.6 is 23.2 Å². The van der Waals surface area contributed by atoms with Gasteiger partial charge < -0.3 is 19.8 Å². The number of carboxylic acid groups (broad SMARTS) is 2. The first kappa shape index (κ1) is 19.9. The Bertz CT molecular complexity index is 244. The van der Waals surface area contributed by atoms with Crippen LogP contribution in [-0.2, 0) is 29.1 Å². The van der Waals surface area contributed by atoms with Gasteiger partial charge in [0.2, 0.25) is 0 Å². The summed E-state index contributed by atoms with van der Waals surface area (Å²) in [6.45, 7) is -1.00. The number of halogens is 2. The van der Waals surface area contributed by atoms with Gasteiger partial charge in [-0.3, -0.25) is 0 Å². The van der Waals surface area contributed by atoms with Crippen LogP contribution in [0, 0.1) is 0 Å². The molecule has 1 aromatic rings. The second kappa shape index (κ2) is 15.8. The Hall–Kier alpha value is -0.637. The third-order valence-electron chi connectivity index (χ3n) is 0.824. The van der Waals surface area contributed by atoms with Crippen molar-refractivity contribution in [1.82, 2.24) is 0 Å². The minimum atomic E-state index is -0.500. The van der Waals surface area contributed by atoms with E-state index in [1.807, 2.05) is 12.1 Å². The van der Waals surface area contributed by atoms with E-state index in [0.29, 0.717) is 10.0 Å². The molecule has 0 heterocycles. The van der Waals surface area contributed by atoms with Crippen LogP contribution < -0.4 is 10.2 Å². The molecular weight excluding hydrogens is 296 g/mol. The van der Waals surface area contributed by atoms with E-state index in [-0.39, 0.29) is 19.5 Å². The van der Waals surface area contributed by atoms with Crippen LogP contribution in [0.25, 0.3) is 0 Å². The molecule has 0 radical (unpaired) electrons. The zero-order chi connectivity index (χ0) is 11.4. The zero-order valence-electron chi connectivity index (χ0n) is 7.56. The molecule has 0 spiro atoms. The Balaban J connectivity index is -0.000000177. The van der Waals surface area contributed by atoms with E-state index in [1.54, 1.807) is 12.1 Å². The van der Waals surface area contributed by atoms with Gasteiger partial charge in [0.1, 0.15) is 0 Å². The van der Waals surface area contributed by atoms with Gasteiger partial charge in [0.25, 0.3) is 0 Å². The number of carbonyl (C=O) groups excluding carboxylic acids is 2. The van der Waals surface area contributed by atoms with Crippen LogP contribution in [0.5, 0.6) is 0 Å². The molecular formula is C8H6Cl2O4Zn. The number of rotatable bonds is 0. The van der Waals surface area contributed by atoms with Gasteiger partial charge in [-0.2, -0.15) is 0 Å². The van der Waals surface area contributed by atoms with E-state index in [4.69, 9.17) is 43.0 Å². The van der Waals surface area contributed by atoms with E-state index in [9.17, 15) is 0 Å². The summed E-state index contributed by atoms with van der Waals surface area (Å²) in [5, 5.41) is 17.7. The van der Waals surface area contributed by atoms with Crippen molar-refractivity contribution in [2.75, 3.05) is 0 Å². The molecule has 7 heteroatoms.